The van der Waals surface area contributed by atoms with Gasteiger partial charge in [-0.2, -0.15) is 0 Å². The van der Waals surface area contributed by atoms with E-state index < -0.39 is 0 Å². The molecule has 1 aromatic carbocycles. The van der Waals surface area contributed by atoms with Gasteiger partial charge in [-0.25, -0.2) is 4.98 Å². The predicted molar refractivity (Wildman–Crippen MR) is 85.1 cm³/mol. The number of benzene rings is 1. The molecule has 0 spiro atoms. The van der Waals surface area contributed by atoms with Crippen LogP contribution in [0.4, 0.5) is 5.82 Å². The minimum Gasteiger partial charge on any atom is -0.389 e. The van der Waals surface area contributed by atoms with Crippen LogP contribution >= 0.6 is 12.2 Å². The van der Waals surface area contributed by atoms with Crippen molar-refractivity contribution >= 4 is 33.9 Å². The smallest absolute Gasteiger partial charge is 0.127 e. The third-order valence-electron chi connectivity index (χ3n) is 3.69. The Morgan fingerprint density at radius 1 is 1.45 bits per heavy atom. The SMILES string of the molecule is CC1OCCC1Nc1cc(C(N)=S)c2ccccc2n1. The number of para-hydroxylation sites is 1. The zero-order chi connectivity index (χ0) is 14.1. The maximum absolute atomic E-state index is 5.84. The van der Waals surface area contributed by atoms with Gasteiger partial charge in [0.2, 0.25) is 0 Å². The molecule has 0 amide bonds. The molecule has 1 aromatic heterocycles. The third kappa shape index (κ3) is 2.46. The lowest BCUT2D eigenvalue weighted by Crippen LogP contribution is -2.27. The normalized spacial score (nSPS) is 22.1. The number of anilines is 1. The van der Waals surface area contributed by atoms with Gasteiger partial charge in [-0.1, -0.05) is 30.4 Å². The van der Waals surface area contributed by atoms with Crippen molar-refractivity contribution in [3.63, 3.8) is 0 Å². The van der Waals surface area contributed by atoms with Crippen molar-refractivity contribution in [3.8, 4) is 0 Å². The lowest BCUT2D eigenvalue weighted by Gasteiger charge is -2.18. The van der Waals surface area contributed by atoms with Crippen molar-refractivity contribution in [1.82, 2.24) is 4.98 Å². The first-order chi connectivity index (χ1) is 9.65. The zero-order valence-electron chi connectivity index (χ0n) is 11.3. The van der Waals surface area contributed by atoms with Gasteiger partial charge < -0.3 is 15.8 Å². The summed E-state index contributed by atoms with van der Waals surface area (Å²) in [5.41, 5.74) is 7.59. The zero-order valence-corrected chi connectivity index (χ0v) is 12.1. The summed E-state index contributed by atoms with van der Waals surface area (Å²) in [5.74, 6) is 0.800. The second-order valence-electron chi connectivity index (χ2n) is 5.05. The number of fused-ring (bicyclic) bond motifs is 1. The molecular formula is C15H17N3OS. The van der Waals surface area contributed by atoms with E-state index in [0.717, 1.165) is 35.3 Å². The van der Waals surface area contributed by atoms with Crippen LogP contribution in [0.5, 0.6) is 0 Å². The van der Waals surface area contributed by atoms with Gasteiger partial charge in [-0.15, -0.1) is 0 Å². The van der Waals surface area contributed by atoms with Crippen molar-refractivity contribution < 1.29 is 4.74 Å². The van der Waals surface area contributed by atoms with Crippen LogP contribution in [0.2, 0.25) is 0 Å². The van der Waals surface area contributed by atoms with E-state index >= 15 is 0 Å². The van der Waals surface area contributed by atoms with Gasteiger partial charge in [0, 0.05) is 17.6 Å². The van der Waals surface area contributed by atoms with Crippen LogP contribution < -0.4 is 11.1 Å². The topological polar surface area (TPSA) is 60.2 Å². The molecule has 0 aliphatic carbocycles. The van der Waals surface area contributed by atoms with Crippen LogP contribution in [0.1, 0.15) is 18.9 Å². The van der Waals surface area contributed by atoms with Gasteiger partial charge in [-0.3, -0.25) is 0 Å². The summed E-state index contributed by atoms with van der Waals surface area (Å²) in [4.78, 5) is 5.03. The molecule has 1 aliphatic rings. The van der Waals surface area contributed by atoms with Gasteiger partial charge in [0.15, 0.2) is 0 Å². The maximum Gasteiger partial charge on any atom is 0.127 e. The van der Waals surface area contributed by atoms with Gasteiger partial charge in [0.25, 0.3) is 0 Å². The molecular weight excluding hydrogens is 270 g/mol. The van der Waals surface area contributed by atoms with E-state index in [4.69, 9.17) is 22.7 Å². The first-order valence-corrected chi connectivity index (χ1v) is 7.13. The molecule has 0 radical (unpaired) electrons. The number of nitrogens with two attached hydrogens (primary N) is 1. The molecule has 2 heterocycles. The maximum atomic E-state index is 5.84. The van der Waals surface area contributed by atoms with Gasteiger partial charge in [0.1, 0.15) is 10.8 Å². The standard InChI is InChI=1S/C15H17N3OS/c1-9-12(6-7-19-9)17-14-8-11(15(16)20)10-4-2-3-5-13(10)18-14/h2-5,8-9,12H,6-7H2,1H3,(H2,16,20)(H,17,18). The molecule has 3 rings (SSSR count). The van der Waals surface area contributed by atoms with E-state index in [9.17, 15) is 0 Å². The number of hydrogen-bond donors (Lipinski definition) is 2. The fraction of sp³-hybridized carbons (Fsp3) is 0.333. The number of rotatable bonds is 3. The van der Waals surface area contributed by atoms with Crippen LogP contribution in [0.3, 0.4) is 0 Å². The van der Waals surface area contributed by atoms with Crippen LogP contribution in [0.25, 0.3) is 10.9 Å². The first kappa shape index (κ1) is 13.3. The summed E-state index contributed by atoms with van der Waals surface area (Å²) in [6.45, 7) is 2.86. The molecule has 1 aliphatic heterocycles. The first-order valence-electron chi connectivity index (χ1n) is 6.73. The molecule has 0 saturated carbocycles. The minimum atomic E-state index is 0.191. The lowest BCUT2D eigenvalue weighted by atomic mass is 10.1. The van der Waals surface area contributed by atoms with E-state index in [0.29, 0.717) is 4.99 Å². The van der Waals surface area contributed by atoms with Crippen LogP contribution in [-0.2, 0) is 4.74 Å². The highest BCUT2D eigenvalue weighted by molar-refractivity contribution is 7.80. The molecule has 5 heteroatoms. The van der Waals surface area contributed by atoms with E-state index in [2.05, 4.69) is 17.2 Å². The van der Waals surface area contributed by atoms with E-state index in [1.54, 1.807) is 0 Å². The van der Waals surface area contributed by atoms with E-state index in [-0.39, 0.29) is 12.1 Å². The van der Waals surface area contributed by atoms with Crippen molar-refractivity contribution in [2.24, 2.45) is 5.73 Å². The number of ether oxygens (including phenoxy) is 1. The van der Waals surface area contributed by atoms with Crippen molar-refractivity contribution in [2.75, 3.05) is 11.9 Å². The van der Waals surface area contributed by atoms with Crippen LogP contribution in [0, 0.1) is 0 Å². The molecule has 104 valence electrons. The minimum absolute atomic E-state index is 0.191. The fourth-order valence-electron chi connectivity index (χ4n) is 2.56. The predicted octanol–water partition coefficient (Wildman–Crippen LogP) is 2.46. The van der Waals surface area contributed by atoms with Gasteiger partial charge in [-0.05, 0) is 25.5 Å². The highest BCUT2D eigenvalue weighted by atomic mass is 32.1. The van der Waals surface area contributed by atoms with Gasteiger partial charge in [0.05, 0.1) is 17.7 Å². The Morgan fingerprint density at radius 3 is 2.95 bits per heavy atom. The highest BCUT2D eigenvalue weighted by Gasteiger charge is 2.24. The molecule has 1 saturated heterocycles. The molecule has 0 bridgehead atoms. The Labute approximate surface area is 123 Å². The molecule has 20 heavy (non-hydrogen) atoms. The second-order valence-corrected chi connectivity index (χ2v) is 5.49. The molecule has 2 unspecified atom stereocenters. The largest absolute Gasteiger partial charge is 0.389 e. The molecule has 4 nitrogen and oxygen atoms in total. The average Bonchev–Trinajstić information content (AvgIpc) is 2.83. The van der Waals surface area contributed by atoms with Crippen LogP contribution in [-0.4, -0.2) is 28.7 Å². The Bertz CT molecular complexity index is 659. The second kappa shape index (κ2) is 5.34. The molecule has 3 N–H and O–H groups in total. The number of pyridine rings is 1. The number of nitrogens with zero attached hydrogens (tertiary/aromatic N) is 1. The van der Waals surface area contributed by atoms with Crippen molar-refractivity contribution in [2.45, 2.75) is 25.5 Å². The molecule has 2 atom stereocenters. The number of aromatic nitrogens is 1. The summed E-state index contributed by atoms with van der Waals surface area (Å²) < 4.78 is 5.56. The summed E-state index contributed by atoms with van der Waals surface area (Å²) in [6, 6.07) is 10.1. The number of thiocarbonyl (C=S) groups is 1. The summed E-state index contributed by atoms with van der Waals surface area (Å²) in [7, 11) is 0. The van der Waals surface area contributed by atoms with E-state index in [1.165, 1.54) is 0 Å². The Kier molecular flexibility index (Phi) is 3.54. The Hall–Kier alpha value is -1.72. The lowest BCUT2D eigenvalue weighted by molar-refractivity contribution is 0.121. The van der Waals surface area contributed by atoms with Crippen LogP contribution in [0.15, 0.2) is 30.3 Å². The fourth-order valence-corrected chi connectivity index (χ4v) is 2.73. The quantitative estimate of drug-likeness (QED) is 0.849. The van der Waals surface area contributed by atoms with Crippen molar-refractivity contribution in [3.05, 3.63) is 35.9 Å². The Balaban J connectivity index is 2.01. The Morgan fingerprint density at radius 2 is 2.25 bits per heavy atom. The van der Waals surface area contributed by atoms with E-state index in [1.807, 2.05) is 30.3 Å². The molecule has 2 aromatic rings. The summed E-state index contributed by atoms with van der Waals surface area (Å²) in [6.07, 6.45) is 1.18. The monoisotopic (exact) mass is 287 g/mol. The van der Waals surface area contributed by atoms with Gasteiger partial charge >= 0.3 is 0 Å². The van der Waals surface area contributed by atoms with Crippen molar-refractivity contribution in [1.29, 1.82) is 0 Å². The average molecular weight is 287 g/mol. The highest BCUT2D eigenvalue weighted by Crippen LogP contribution is 2.23. The molecule has 1 fully saturated rings. The summed E-state index contributed by atoms with van der Waals surface area (Å²) in [5, 5.41) is 4.41. The number of hydrogen-bond acceptors (Lipinski definition) is 4. The number of nitrogens with one attached hydrogen (secondary N) is 1. The third-order valence-corrected chi connectivity index (χ3v) is 3.91. The summed E-state index contributed by atoms with van der Waals surface area (Å²) >= 11 is 5.15.